The van der Waals surface area contributed by atoms with Crippen molar-refractivity contribution in [3.05, 3.63) is 77.3 Å². The van der Waals surface area contributed by atoms with E-state index in [9.17, 15) is 9.90 Å². The maximum absolute atomic E-state index is 12.3. The molecule has 4 rings (SSSR count). The second-order valence-electron chi connectivity index (χ2n) is 6.13. The van der Waals surface area contributed by atoms with Gasteiger partial charge in [0.25, 0.3) is 5.91 Å². The third-order valence-corrected chi connectivity index (χ3v) is 4.57. The Labute approximate surface area is 176 Å². The number of amides is 1. The van der Waals surface area contributed by atoms with Crippen molar-refractivity contribution in [3.63, 3.8) is 0 Å². The third-order valence-electron chi connectivity index (χ3n) is 4.11. The maximum atomic E-state index is 12.3. The van der Waals surface area contributed by atoms with Crippen molar-refractivity contribution in [3.8, 4) is 17.2 Å². The molecule has 144 valence electrons. The number of phenolic OH excluding ortho intramolecular Hbond substituents is 1. The summed E-state index contributed by atoms with van der Waals surface area (Å²) >= 11 is 11.0. The van der Waals surface area contributed by atoms with Crippen molar-refractivity contribution < 1.29 is 14.3 Å². The van der Waals surface area contributed by atoms with Gasteiger partial charge >= 0.3 is 0 Å². The van der Waals surface area contributed by atoms with Crippen LogP contribution in [0.25, 0.3) is 22.6 Å². The lowest BCUT2D eigenvalue weighted by Gasteiger charge is -2.11. The van der Waals surface area contributed by atoms with Gasteiger partial charge in [0.2, 0.25) is 5.89 Å². The number of oxazole rings is 1. The lowest BCUT2D eigenvalue weighted by atomic mass is 10.1. The van der Waals surface area contributed by atoms with Crippen LogP contribution in [0.3, 0.4) is 0 Å². The van der Waals surface area contributed by atoms with Crippen LogP contribution in [0.4, 0.5) is 5.69 Å². The van der Waals surface area contributed by atoms with E-state index < -0.39 is 0 Å². The van der Waals surface area contributed by atoms with E-state index in [2.05, 4.69) is 15.6 Å². The molecule has 29 heavy (non-hydrogen) atoms. The summed E-state index contributed by atoms with van der Waals surface area (Å²) < 4.78 is 5.71. The van der Waals surface area contributed by atoms with Crippen LogP contribution >= 0.6 is 23.8 Å². The van der Waals surface area contributed by atoms with E-state index in [0.717, 1.165) is 0 Å². The van der Waals surface area contributed by atoms with E-state index >= 15 is 0 Å². The van der Waals surface area contributed by atoms with Crippen LogP contribution < -0.4 is 10.6 Å². The van der Waals surface area contributed by atoms with E-state index in [1.165, 1.54) is 6.07 Å². The molecule has 0 spiro atoms. The molecule has 0 radical (unpaired) electrons. The molecule has 0 atom stereocenters. The number of fused-ring (bicyclic) bond motifs is 1. The average molecular weight is 424 g/mol. The Morgan fingerprint density at radius 3 is 2.59 bits per heavy atom. The topological polar surface area (TPSA) is 87.4 Å². The third kappa shape index (κ3) is 4.21. The van der Waals surface area contributed by atoms with Gasteiger partial charge < -0.3 is 14.8 Å². The Kier molecular flexibility index (Phi) is 5.16. The number of phenols is 1. The normalized spacial score (nSPS) is 10.7. The average Bonchev–Trinajstić information content (AvgIpc) is 3.14. The summed E-state index contributed by atoms with van der Waals surface area (Å²) in [4.78, 5) is 16.6. The number of benzene rings is 3. The number of hydrogen-bond donors (Lipinski definition) is 3. The molecule has 4 aromatic rings. The first-order chi connectivity index (χ1) is 14.0. The van der Waals surface area contributed by atoms with Gasteiger partial charge in [-0.1, -0.05) is 23.7 Å². The number of anilines is 1. The van der Waals surface area contributed by atoms with Crippen LogP contribution in [0.2, 0.25) is 5.02 Å². The van der Waals surface area contributed by atoms with Gasteiger partial charge in [-0.3, -0.25) is 10.1 Å². The number of rotatable bonds is 3. The van der Waals surface area contributed by atoms with Gasteiger partial charge in [0, 0.05) is 16.3 Å². The van der Waals surface area contributed by atoms with E-state index in [0.29, 0.717) is 32.9 Å². The number of nitrogens with one attached hydrogen (secondary N) is 2. The predicted molar refractivity (Wildman–Crippen MR) is 116 cm³/mol. The SMILES string of the molecule is O=C(NC(=S)Nc1ccc(O)c(-c2nc3ccccc3o2)c1)c1ccc(Cl)cc1. The zero-order chi connectivity index (χ0) is 20.4. The molecule has 1 heterocycles. The van der Waals surface area contributed by atoms with Gasteiger partial charge in [0.1, 0.15) is 11.3 Å². The highest BCUT2D eigenvalue weighted by molar-refractivity contribution is 7.80. The quantitative estimate of drug-likeness (QED) is 0.318. The highest BCUT2D eigenvalue weighted by Crippen LogP contribution is 2.33. The summed E-state index contributed by atoms with van der Waals surface area (Å²) in [7, 11) is 0. The molecule has 8 heteroatoms. The van der Waals surface area contributed by atoms with Crippen molar-refractivity contribution in [1.82, 2.24) is 10.3 Å². The molecule has 6 nitrogen and oxygen atoms in total. The summed E-state index contributed by atoms with van der Waals surface area (Å²) in [5.74, 6) is -0.0705. The van der Waals surface area contributed by atoms with Gasteiger partial charge in [-0.25, -0.2) is 4.98 Å². The zero-order valence-electron chi connectivity index (χ0n) is 14.8. The molecule has 3 aromatic carbocycles. The minimum absolute atomic E-state index is 0.0122. The van der Waals surface area contributed by atoms with Crippen molar-refractivity contribution in [2.24, 2.45) is 0 Å². The summed E-state index contributed by atoms with van der Waals surface area (Å²) in [5.41, 5.74) is 2.69. The van der Waals surface area contributed by atoms with Crippen LogP contribution in [0.5, 0.6) is 5.75 Å². The van der Waals surface area contributed by atoms with Crippen molar-refractivity contribution >= 4 is 51.6 Å². The van der Waals surface area contributed by atoms with Crippen LogP contribution in [0, 0.1) is 0 Å². The second-order valence-corrected chi connectivity index (χ2v) is 6.98. The lowest BCUT2D eigenvalue weighted by Crippen LogP contribution is -2.34. The number of thiocarbonyl (C=S) groups is 1. The van der Waals surface area contributed by atoms with Crippen LogP contribution in [0.15, 0.2) is 71.1 Å². The van der Waals surface area contributed by atoms with Gasteiger partial charge in [0.15, 0.2) is 10.7 Å². The largest absolute Gasteiger partial charge is 0.507 e. The molecule has 0 saturated heterocycles. The number of carbonyl (C=O) groups is 1. The lowest BCUT2D eigenvalue weighted by molar-refractivity contribution is 0.0977. The van der Waals surface area contributed by atoms with Crippen molar-refractivity contribution in [1.29, 1.82) is 0 Å². The molecule has 0 bridgehead atoms. The molecule has 1 aromatic heterocycles. The summed E-state index contributed by atoms with van der Waals surface area (Å²) in [6, 6.07) is 18.5. The van der Waals surface area contributed by atoms with E-state index in [1.54, 1.807) is 42.5 Å². The second kappa shape index (κ2) is 7.90. The highest BCUT2D eigenvalue weighted by Gasteiger charge is 2.14. The predicted octanol–water partition coefficient (Wildman–Crippen LogP) is 4.98. The number of aromatic hydroxyl groups is 1. The fourth-order valence-corrected chi connectivity index (χ4v) is 3.05. The molecule has 1 amide bonds. The molecular formula is C21H14ClN3O3S. The van der Waals surface area contributed by atoms with Crippen molar-refractivity contribution in [2.75, 3.05) is 5.32 Å². The van der Waals surface area contributed by atoms with E-state index in [4.69, 9.17) is 28.2 Å². The first-order valence-electron chi connectivity index (χ1n) is 8.56. The Hall–Kier alpha value is -3.42. The number of hydrogen-bond acceptors (Lipinski definition) is 5. The number of aromatic nitrogens is 1. The highest BCUT2D eigenvalue weighted by atomic mass is 35.5. The van der Waals surface area contributed by atoms with Gasteiger partial charge in [-0.05, 0) is 66.8 Å². The van der Waals surface area contributed by atoms with E-state index in [1.807, 2.05) is 18.2 Å². The monoisotopic (exact) mass is 423 g/mol. The molecule has 0 aliphatic carbocycles. The Morgan fingerprint density at radius 2 is 1.83 bits per heavy atom. The Bertz CT molecular complexity index is 1190. The minimum Gasteiger partial charge on any atom is -0.507 e. The zero-order valence-corrected chi connectivity index (χ0v) is 16.4. The minimum atomic E-state index is -0.364. The molecule has 0 saturated carbocycles. The number of para-hydroxylation sites is 2. The van der Waals surface area contributed by atoms with Crippen LogP contribution in [-0.2, 0) is 0 Å². The fraction of sp³-hybridized carbons (Fsp3) is 0. The summed E-state index contributed by atoms with van der Waals surface area (Å²) in [6.07, 6.45) is 0. The molecule has 0 aliphatic rings. The summed E-state index contributed by atoms with van der Waals surface area (Å²) in [5, 5.41) is 16.4. The number of nitrogens with zero attached hydrogens (tertiary/aromatic N) is 1. The van der Waals surface area contributed by atoms with E-state index in [-0.39, 0.29) is 22.7 Å². The molecule has 0 unspecified atom stereocenters. The smallest absolute Gasteiger partial charge is 0.257 e. The van der Waals surface area contributed by atoms with Crippen molar-refractivity contribution in [2.45, 2.75) is 0 Å². The number of carbonyl (C=O) groups excluding carboxylic acids is 1. The maximum Gasteiger partial charge on any atom is 0.257 e. The van der Waals surface area contributed by atoms with Gasteiger partial charge in [-0.2, -0.15) is 0 Å². The Balaban J connectivity index is 1.52. The standard InChI is InChI=1S/C21H14ClN3O3S/c22-13-7-5-12(6-8-13)19(27)25-21(29)23-14-9-10-17(26)15(11-14)20-24-16-3-1-2-4-18(16)28-20/h1-11,26H,(H2,23,25,27,29). The molecular weight excluding hydrogens is 410 g/mol. The molecule has 3 N–H and O–H groups in total. The van der Waals surface area contributed by atoms with Crippen LogP contribution in [-0.4, -0.2) is 21.1 Å². The fourth-order valence-electron chi connectivity index (χ4n) is 2.71. The number of halogens is 1. The summed E-state index contributed by atoms with van der Waals surface area (Å²) in [6.45, 7) is 0. The van der Waals surface area contributed by atoms with Crippen LogP contribution in [0.1, 0.15) is 10.4 Å². The van der Waals surface area contributed by atoms with Gasteiger partial charge in [-0.15, -0.1) is 0 Å². The first kappa shape index (κ1) is 18.9. The molecule has 0 fully saturated rings. The van der Waals surface area contributed by atoms with Gasteiger partial charge in [0.05, 0.1) is 5.56 Å². The first-order valence-corrected chi connectivity index (χ1v) is 9.35. The Morgan fingerprint density at radius 1 is 1.07 bits per heavy atom. The molecule has 0 aliphatic heterocycles.